The molecule has 1 aromatic carbocycles. The number of aliphatic hydroxyl groups is 1. The number of allylic oxidation sites excluding steroid dienone is 1. The van der Waals surface area contributed by atoms with Gasteiger partial charge >= 0.3 is 0 Å². The second-order valence-electron chi connectivity index (χ2n) is 6.38. The molecule has 4 heteroatoms. The van der Waals surface area contributed by atoms with Crippen molar-refractivity contribution in [1.82, 2.24) is 0 Å². The molecule has 0 spiro atoms. The number of aryl methyl sites for hydroxylation is 2. The molecule has 0 saturated carbocycles. The molecule has 1 N–H and O–H groups in total. The van der Waals surface area contributed by atoms with Crippen LogP contribution in [0.4, 0.5) is 0 Å². The maximum Gasteiger partial charge on any atom is 0.173 e. The highest BCUT2D eigenvalue weighted by molar-refractivity contribution is 9.10. The van der Waals surface area contributed by atoms with E-state index >= 15 is 0 Å². The maximum absolute atomic E-state index is 12.9. The molecule has 2 fully saturated rings. The minimum Gasteiger partial charge on any atom is -0.511 e. The molecule has 4 rings (SSSR count). The number of ketones is 1. The highest BCUT2D eigenvalue weighted by Crippen LogP contribution is 2.54. The molecule has 0 radical (unpaired) electrons. The minimum absolute atomic E-state index is 0.00297. The lowest BCUT2D eigenvalue weighted by molar-refractivity contribution is -0.118. The van der Waals surface area contributed by atoms with Crippen molar-refractivity contribution in [3.8, 4) is 0 Å². The molecule has 110 valence electrons. The van der Waals surface area contributed by atoms with Gasteiger partial charge < -0.3 is 9.84 Å². The molecule has 3 nitrogen and oxygen atoms in total. The first-order valence-corrected chi connectivity index (χ1v) is 8.18. The lowest BCUT2D eigenvalue weighted by Gasteiger charge is -2.19. The Labute approximate surface area is 132 Å². The number of halogens is 1. The van der Waals surface area contributed by atoms with Crippen molar-refractivity contribution < 1.29 is 14.6 Å². The largest absolute Gasteiger partial charge is 0.511 e. The van der Waals surface area contributed by atoms with E-state index < -0.39 is 0 Å². The van der Waals surface area contributed by atoms with E-state index in [0.29, 0.717) is 5.57 Å². The fourth-order valence-electron chi connectivity index (χ4n) is 4.37. The highest BCUT2D eigenvalue weighted by atomic mass is 79.9. The predicted octanol–water partition coefficient (Wildman–Crippen LogP) is 3.71. The van der Waals surface area contributed by atoms with Crippen molar-refractivity contribution in [3.05, 3.63) is 39.1 Å². The molecule has 0 unspecified atom stereocenters. The number of fused-ring (bicyclic) bond motifs is 5. The molecular formula is C17H17BrO3. The Balaban J connectivity index is 1.88. The molecule has 1 aromatic rings. The van der Waals surface area contributed by atoms with Crippen molar-refractivity contribution in [3.63, 3.8) is 0 Å². The standard InChI is InChI=1S/C17H17BrO3/c1-7-5-9(18)6-8(2)12(7)15-16(19)13-10-3-4-11(21-10)14(13)17(15)20/h5-6,10-11,13-14,19H,3-4H2,1-2H3/t10-,11+,13-,14+/m1/s1. The van der Waals surface area contributed by atoms with Crippen LogP contribution in [0.25, 0.3) is 5.57 Å². The lowest BCUT2D eigenvalue weighted by Crippen LogP contribution is -2.29. The molecule has 2 saturated heterocycles. The molecule has 2 aliphatic heterocycles. The van der Waals surface area contributed by atoms with Gasteiger partial charge in [0.15, 0.2) is 5.78 Å². The molecule has 4 atom stereocenters. The summed E-state index contributed by atoms with van der Waals surface area (Å²) in [5.74, 6) is 0.0406. The first-order chi connectivity index (χ1) is 9.99. The third kappa shape index (κ3) is 1.72. The average Bonchev–Trinajstić information content (AvgIpc) is 3.06. The quantitative estimate of drug-likeness (QED) is 0.841. The average molecular weight is 349 g/mol. The Hall–Kier alpha value is -1.13. The summed E-state index contributed by atoms with van der Waals surface area (Å²) in [5, 5.41) is 10.7. The van der Waals surface area contributed by atoms with Gasteiger partial charge in [-0.25, -0.2) is 0 Å². The third-order valence-corrected chi connectivity index (χ3v) is 5.60. The molecule has 0 aromatic heterocycles. The van der Waals surface area contributed by atoms with Gasteiger partial charge in [0.05, 0.1) is 29.6 Å². The molecule has 21 heavy (non-hydrogen) atoms. The maximum atomic E-state index is 12.9. The van der Waals surface area contributed by atoms with Gasteiger partial charge in [-0.2, -0.15) is 0 Å². The zero-order valence-corrected chi connectivity index (χ0v) is 13.6. The van der Waals surface area contributed by atoms with Crippen molar-refractivity contribution in [1.29, 1.82) is 0 Å². The van der Waals surface area contributed by atoms with Crippen LogP contribution in [-0.4, -0.2) is 23.1 Å². The third-order valence-electron chi connectivity index (χ3n) is 5.14. The Morgan fingerprint density at radius 1 is 1.14 bits per heavy atom. The number of benzene rings is 1. The normalized spacial score (nSPS) is 34.0. The van der Waals surface area contributed by atoms with Crippen LogP contribution in [0, 0.1) is 25.7 Å². The fraction of sp³-hybridized carbons (Fsp3) is 0.471. The van der Waals surface area contributed by atoms with Crippen LogP contribution >= 0.6 is 15.9 Å². The molecule has 1 aliphatic carbocycles. The monoisotopic (exact) mass is 348 g/mol. The minimum atomic E-state index is -0.166. The lowest BCUT2D eigenvalue weighted by atomic mass is 9.80. The Kier molecular flexibility index (Phi) is 2.86. The number of carbonyl (C=O) groups is 1. The summed E-state index contributed by atoms with van der Waals surface area (Å²) in [4.78, 5) is 12.9. The van der Waals surface area contributed by atoms with Crippen molar-refractivity contribution in [2.75, 3.05) is 0 Å². The molecular weight excluding hydrogens is 332 g/mol. The van der Waals surface area contributed by atoms with Crippen LogP contribution in [0.15, 0.2) is 22.4 Å². The van der Waals surface area contributed by atoms with Crippen molar-refractivity contribution >= 4 is 27.3 Å². The zero-order chi connectivity index (χ0) is 14.9. The van der Waals surface area contributed by atoms with Gasteiger partial charge in [-0.1, -0.05) is 15.9 Å². The second-order valence-corrected chi connectivity index (χ2v) is 7.30. The van der Waals surface area contributed by atoms with Gasteiger partial charge in [0.25, 0.3) is 0 Å². The van der Waals surface area contributed by atoms with Gasteiger partial charge in [0.2, 0.25) is 0 Å². The number of aliphatic hydroxyl groups excluding tert-OH is 1. The van der Waals surface area contributed by atoms with Gasteiger partial charge in [0.1, 0.15) is 5.76 Å². The second kappa shape index (κ2) is 4.43. The van der Waals surface area contributed by atoms with Gasteiger partial charge in [-0.3, -0.25) is 4.79 Å². The van der Waals surface area contributed by atoms with E-state index in [-0.39, 0.29) is 35.6 Å². The number of hydrogen-bond acceptors (Lipinski definition) is 3. The molecule has 3 aliphatic rings. The van der Waals surface area contributed by atoms with Gasteiger partial charge in [0, 0.05) is 4.47 Å². The summed E-state index contributed by atoms with van der Waals surface area (Å²) in [5.41, 5.74) is 3.47. The van der Waals surface area contributed by atoms with Gasteiger partial charge in [-0.05, 0) is 55.5 Å². The van der Waals surface area contributed by atoms with Crippen LogP contribution in [0.3, 0.4) is 0 Å². The van der Waals surface area contributed by atoms with Crippen LogP contribution in [-0.2, 0) is 9.53 Å². The summed E-state index contributed by atoms with van der Waals surface area (Å²) in [6.07, 6.45) is 1.92. The van der Waals surface area contributed by atoms with Crippen LogP contribution in [0.2, 0.25) is 0 Å². The first-order valence-electron chi connectivity index (χ1n) is 7.39. The summed E-state index contributed by atoms with van der Waals surface area (Å²) in [7, 11) is 0. The summed E-state index contributed by atoms with van der Waals surface area (Å²) < 4.78 is 6.82. The summed E-state index contributed by atoms with van der Waals surface area (Å²) in [6.45, 7) is 3.97. The number of Topliss-reactive ketones (excluding diaryl/α,β-unsaturated/α-hetero) is 1. The van der Waals surface area contributed by atoms with E-state index in [1.54, 1.807) is 0 Å². The molecule has 0 amide bonds. The van der Waals surface area contributed by atoms with E-state index in [9.17, 15) is 9.90 Å². The summed E-state index contributed by atoms with van der Waals surface area (Å²) in [6, 6.07) is 3.99. The predicted molar refractivity (Wildman–Crippen MR) is 83.0 cm³/mol. The van der Waals surface area contributed by atoms with Gasteiger partial charge in [-0.15, -0.1) is 0 Å². The zero-order valence-electron chi connectivity index (χ0n) is 12.0. The highest BCUT2D eigenvalue weighted by Gasteiger charge is 2.59. The fourth-order valence-corrected chi connectivity index (χ4v) is 5.06. The number of rotatable bonds is 1. The van der Waals surface area contributed by atoms with Crippen LogP contribution in [0.1, 0.15) is 29.5 Å². The topological polar surface area (TPSA) is 46.5 Å². The first kappa shape index (κ1) is 13.5. The Morgan fingerprint density at radius 3 is 2.29 bits per heavy atom. The van der Waals surface area contributed by atoms with Crippen molar-refractivity contribution in [2.24, 2.45) is 11.8 Å². The SMILES string of the molecule is Cc1cc(Br)cc(C)c1C1=C(O)[C@H]2[C@@H](C1=O)[C@@H]1CC[C@H]2O1. The molecule has 2 heterocycles. The molecule has 2 bridgehead atoms. The number of ether oxygens (including phenoxy) is 1. The van der Waals surface area contributed by atoms with Crippen LogP contribution < -0.4 is 0 Å². The Morgan fingerprint density at radius 2 is 1.71 bits per heavy atom. The van der Waals surface area contributed by atoms with E-state index in [1.165, 1.54) is 0 Å². The van der Waals surface area contributed by atoms with Crippen LogP contribution in [0.5, 0.6) is 0 Å². The van der Waals surface area contributed by atoms with Crippen molar-refractivity contribution in [2.45, 2.75) is 38.9 Å². The van der Waals surface area contributed by atoms with E-state index in [1.807, 2.05) is 26.0 Å². The van der Waals surface area contributed by atoms with E-state index in [0.717, 1.165) is 34.0 Å². The summed E-state index contributed by atoms with van der Waals surface area (Å²) >= 11 is 3.48. The Bertz CT molecular complexity index is 668. The smallest absolute Gasteiger partial charge is 0.173 e. The van der Waals surface area contributed by atoms with E-state index in [4.69, 9.17) is 4.74 Å². The van der Waals surface area contributed by atoms with E-state index in [2.05, 4.69) is 15.9 Å². The number of carbonyl (C=O) groups excluding carboxylic acids is 1. The number of hydrogen-bond donors (Lipinski definition) is 1.